The van der Waals surface area contributed by atoms with E-state index in [2.05, 4.69) is 15.5 Å². The summed E-state index contributed by atoms with van der Waals surface area (Å²) >= 11 is 0. The van der Waals surface area contributed by atoms with Gasteiger partial charge in [0.2, 0.25) is 0 Å². The SMILES string of the molecule is C#CCO[PH](=O)OC(C(F)(F)F)C(F)(F)F. The molecule has 0 radical (unpaired) electrons. The lowest BCUT2D eigenvalue weighted by Crippen LogP contribution is -2.43. The highest BCUT2D eigenvalue weighted by molar-refractivity contribution is 7.33. The molecule has 0 fully saturated rings. The number of alkyl halides is 6. The van der Waals surface area contributed by atoms with E-state index in [1.54, 1.807) is 5.92 Å². The first-order chi connectivity index (χ1) is 7.09. The minimum Gasteiger partial charge on any atom is -0.298 e. The Morgan fingerprint density at radius 1 is 1.19 bits per heavy atom. The average Bonchev–Trinajstić information content (AvgIpc) is 2.07. The lowest BCUT2D eigenvalue weighted by atomic mass is 10.3. The quantitative estimate of drug-likeness (QED) is 0.447. The molecule has 0 aliphatic rings. The first kappa shape index (κ1) is 15.3. The topological polar surface area (TPSA) is 35.5 Å². The van der Waals surface area contributed by atoms with Crippen LogP contribution in [0.5, 0.6) is 0 Å². The van der Waals surface area contributed by atoms with Crippen LogP contribution in [0.4, 0.5) is 26.3 Å². The molecule has 0 aromatic heterocycles. The molecule has 0 aliphatic heterocycles. The fraction of sp³-hybridized carbons (Fsp3) is 0.667. The van der Waals surface area contributed by atoms with Gasteiger partial charge in [0.1, 0.15) is 6.61 Å². The third-order valence-corrected chi connectivity index (χ3v) is 1.89. The zero-order valence-electron chi connectivity index (χ0n) is 7.35. The van der Waals surface area contributed by atoms with E-state index in [-0.39, 0.29) is 0 Å². The molecule has 16 heavy (non-hydrogen) atoms. The van der Waals surface area contributed by atoms with Crippen LogP contribution in [0.2, 0.25) is 0 Å². The first-order valence-corrected chi connectivity index (χ1v) is 4.71. The molecule has 94 valence electrons. The van der Waals surface area contributed by atoms with Crippen molar-refractivity contribution in [2.45, 2.75) is 18.5 Å². The molecule has 1 atom stereocenters. The standard InChI is InChI=1S/C6H5F6O3P/c1-2-3-14-16(13)15-4(5(7,8)9)6(10,11)12/h1,4,16H,3H2. The normalized spacial score (nSPS) is 14.9. The molecule has 0 amide bonds. The van der Waals surface area contributed by atoms with E-state index >= 15 is 0 Å². The van der Waals surface area contributed by atoms with Crippen LogP contribution in [0.1, 0.15) is 0 Å². The van der Waals surface area contributed by atoms with Gasteiger partial charge in [-0.1, -0.05) is 5.92 Å². The number of rotatable bonds is 4. The Labute approximate surface area is 86.7 Å². The van der Waals surface area contributed by atoms with Gasteiger partial charge in [-0.05, 0) is 0 Å². The number of hydrogen-bond acceptors (Lipinski definition) is 3. The maximum absolute atomic E-state index is 11.8. The van der Waals surface area contributed by atoms with Crippen LogP contribution in [0.3, 0.4) is 0 Å². The summed E-state index contributed by atoms with van der Waals surface area (Å²) in [5.74, 6) is 1.71. The van der Waals surface area contributed by atoms with Gasteiger partial charge in [0.25, 0.3) is 6.10 Å². The minimum atomic E-state index is -5.72. The average molecular weight is 270 g/mol. The van der Waals surface area contributed by atoms with Crippen molar-refractivity contribution in [1.82, 2.24) is 0 Å². The lowest BCUT2D eigenvalue weighted by Gasteiger charge is -2.22. The van der Waals surface area contributed by atoms with E-state index in [9.17, 15) is 30.9 Å². The highest BCUT2D eigenvalue weighted by atomic mass is 31.1. The van der Waals surface area contributed by atoms with Crippen LogP contribution >= 0.6 is 8.25 Å². The van der Waals surface area contributed by atoms with Gasteiger partial charge in [-0.2, -0.15) is 26.3 Å². The van der Waals surface area contributed by atoms with Crippen LogP contribution in [0.25, 0.3) is 0 Å². The van der Waals surface area contributed by atoms with E-state index in [1.165, 1.54) is 0 Å². The van der Waals surface area contributed by atoms with Crippen LogP contribution in [-0.4, -0.2) is 25.1 Å². The fourth-order valence-electron chi connectivity index (χ4n) is 0.550. The summed E-state index contributed by atoms with van der Waals surface area (Å²) in [7, 11) is -3.95. The van der Waals surface area contributed by atoms with E-state index in [4.69, 9.17) is 0 Å². The molecule has 0 spiro atoms. The molecular formula is C6H5F6O3P. The Bertz CT molecular complexity index is 276. The molecule has 0 saturated carbocycles. The van der Waals surface area contributed by atoms with Crippen LogP contribution in [0, 0.1) is 12.3 Å². The van der Waals surface area contributed by atoms with E-state index < -0.39 is 33.3 Å². The van der Waals surface area contributed by atoms with Gasteiger partial charge in [0.05, 0.1) is 0 Å². The monoisotopic (exact) mass is 270 g/mol. The Morgan fingerprint density at radius 3 is 1.94 bits per heavy atom. The lowest BCUT2D eigenvalue weighted by molar-refractivity contribution is -0.300. The second-order valence-electron chi connectivity index (χ2n) is 2.32. The number of halogens is 6. The molecule has 3 nitrogen and oxygen atoms in total. The van der Waals surface area contributed by atoms with Crippen molar-refractivity contribution >= 4 is 8.25 Å². The molecule has 0 N–H and O–H groups in total. The smallest absolute Gasteiger partial charge is 0.298 e. The van der Waals surface area contributed by atoms with E-state index in [0.717, 1.165) is 0 Å². The minimum absolute atomic E-state index is 0.708. The van der Waals surface area contributed by atoms with Gasteiger partial charge in [-0.15, -0.1) is 6.42 Å². The maximum atomic E-state index is 11.8. The van der Waals surface area contributed by atoms with Crippen molar-refractivity contribution in [3.8, 4) is 12.3 Å². The summed E-state index contributed by atoms with van der Waals surface area (Å²) in [4.78, 5) is 0. The largest absolute Gasteiger partial charge is 0.424 e. The molecule has 0 aromatic carbocycles. The molecular weight excluding hydrogens is 265 g/mol. The predicted octanol–water partition coefficient (Wildman–Crippen LogP) is 2.54. The Morgan fingerprint density at radius 2 is 1.62 bits per heavy atom. The molecule has 0 aliphatic carbocycles. The third-order valence-electron chi connectivity index (χ3n) is 1.08. The zero-order valence-corrected chi connectivity index (χ0v) is 8.35. The highest BCUT2D eigenvalue weighted by Crippen LogP contribution is 2.41. The van der Waals surface area contributed by atoms with Gasteiger partial charge < -0.3 is 0 Å². The Balaban J connectivity index is 4.60. The Hall–Kier alpha value is -0.710. The fourth-order valence-corrected chi connectivity index (χ4v) is 1.28. The van der Waals surface area contributed by atoms with Crippen LogP contribution in [-0.2, 0) is 13.6 Å². The second kappa shape index (κ2) is 5.57. The van der Waals surface area contributed by atoms with E-state index in [0.29, 0.717) is 0 Å². The second-order valence-corrected chi connectivity index (χ2v) is 3.35. The van der Waals surface area contributed by atoms with Crippen molar-refractivity contribution < 1.29 is 40.0 Å². The van der Waals surface area contributed by atoms with Crippen LogP contribution < -0.4 is 0 Å². The van der Waals surface area contributed by atoms with Crippen molar-refractivity contribution in [3.05, 3.63) is 0 Å². The summed E-state index contributed by atoms with van der Waals surface area (Å²) in [5.41, 5.74) is 0. The molecule has 0 saturated heterocycles. The van der Waals surface area contributed by atoms with Crippen molar-refractivity contribution in [2.75, 3.05) is 6.61 Å². The first-order valence-electron chi connectivity index (χ1n) is 3.49. The summed E-state index contributed by atoms with van der Waals surface area (Å²) in [5, 5.41) is 0. The van der Waals surface area contributed by atoms with Gasteiger partial charge in [0.15, 0.2) is 0 Å². The molecule has 0 bridgehead atoms. The molecule has 0 heterocycles. The van der Waals surface area contributed by atoms with Crippen molar-refractivity contribution in [1.29, 1.82) is 0 Å². The summed E-state index contributed by atoms with van der Waals surface area (Å²) < 4.78 is 88.7. The number of hydrogen-bond donors (Lipinski definition) is 0. The Kier molecular flexibility index (Phi) is 5.32. The molecule has 1 unspecified atom stereocenters. The molecule has 10 heteroatoms. The van der Waals surface area contributed by atoms with Gasteiger partial charge in [-0.25, -0.2) is 0 Å². The van der Waals surface area contributed by atoms with Gasteiger partial charge >= 0.3 is 20.6 Å². The van der Waals surface area contributed by atoms with Crippen molar-refractivity contribution in [3.63, 3.8) is 0 Å². The predicted molar refractivity (Wildman–Crippen MR) is 40.8 cm³/mol. The van der Waals surface area contributed by atoms with Gasteiger partial charge in [-0.3, -0.25) is 13.6 Å². The van der Waals surface area contributed by atoms with Gasteiger partial charge in [0, 0.05) is 0 Å². The maximum Gasteiger partial charge on any atom is 0.424 e. The van der Waals surface area contributed by atoms with Crippen molar-refractivity contribution in [2.24, 2.45) is 0 Å². The van der Waals surface area contributed by atoms with Crippen LogP contribution in [0.15, 0.2) is 0 Å². The van der Waals surface area contributed by atoms with E-state index in [1.807, 2.05) is 0 Å². The summed E-state index contributed by atoms with van der Waals surface area (Å²) in [6, 6.07) is 0. The molecule has 0 rings (SSSR count). The summed E-state index contributed by atoms with van der Waals surface area (Å²) in [6.07, 6.45) is -11.0. The number of terminal acetylenes is 1. The molecule has 0 aromatic rings. The summed E-state index contributed by atoms with van der Waals surface area (Å²) in [6.45, 7) is -0.708. The zero-order chi connectivity index (χ0) is 13.0. The highest BCUT2D eigenvalue weighted by Gasteiger charge is 2.58. The third kappa shape index (κ3) is 5.39.